The number of aliphatic carboxylic acids is 1. The molecule has 0 aromatic heterocycles. The van der Waals surface area contributed by atoms with Crippen LogP contribution in [0.4, 0.5) is 0 Å². The van der Waals surface area contributed by atoms with Gasteiger partial charge in [-0.15, -0.1) is 0 Å². The molecule has 0 saturated carbocycles. The predicted molar refractivity (Wildman–Crippen MR) is 131 cm³/mol. The van der Waals surface area contributed by atoms with Gasteiger partial charge >= 0.3 is 5.97 Å². The molecule has 9 N–H and O–H groups in total. The highest BCUT2D eigenvalue weighted by molar-refractivity contribution is 5.94. The van der Waals surface area contributed by atoms with Gasteiger partial charge < -0.3 is 37.6 Å². The molecule has 1 aromatic rings. The number of hydrogen-bond donors (Lipinski definition) is 7. The number of carboxylic acid groups (broad SMARTS) is 1. The minimum Gasteiger partial charge on any atom is -0.480 e. The van der Waals surface area contributed by atoms with Gasteiger partial charge in [-0.25, -0.2) is 4.79 Å². The van der Waals surface area contributed by atoms with E-state index in [0.717, 1.165) is 5.56 Å². The van der Waals surface area contributed by atoms with Gasteiger partial charge in [0.1, 0.15) is 18.1 Å². The van der Waals surface area contributed by atoms with E-state index in [1.165, 1.54) is 0 Å². The molecule has 0 aliphatic heterocycles. The molecule has 0 heterocycles. The molecule has 11 nitrogen and oxygen atoms in total. The van der Waals surface area contributed by atoms with Crippen LogP contribution >= 0.6 is 0 Å². The summed E-state index contributed by atoms with van der Waals surface area (Å²) in [6.45, 7) is 3.48. The summed E-state index contributed by atoms with van der Waals surface area (Å²) in [6, 6.07) is 4.38. The third-order valence-electron chi connectivity index (χ3n) is 5.35. The van der Waals surface area contributed by atoms with Crippen molar-refractivity contribution in [3.05, 3.63) is 35.9 Å². The first-order chi connectivity index (χ1) is 16.6. The Morgan fingerprint density at radius 1 is 0.886 bits per heavy atom. The number of carbonyl (C=O) groups excluding carboxylic acids is 3. The van der Waals surface area contributed by atoms with Crippen molar-refractivity contribution in [3.63, 3.8) is 0 Å². The molecule has 1 rings (SSSR count). The number of aliphatic hydroxyl groups excluding tert-OH is 1. The Morgan fingerprint density at radius 3 is 2.00 bits per heavy atom. The van der Waals surface area contributed by atoms with Crippen molar-refractivity contribution >= 4 is 23.7 Å². The molecule has 4 atom stereocenters. The van der Waals surface area contributed by atoms with Gasteiger partial charge in [0, 0.05) is 6.42 Å². The van der Waals surface area contributed by atoms with E-state index in [2.05, 4.69) is 16.0 Å². The van der Waals surface area contributed by atoms with E-state index < -0.39 is 54.5 Å². The van der Waals surface area contributed by atoms with E-state index in [-0.39, 0.29) is 18.8 Å². The van der Waals surface area contributed by atoms with Crippen LogP contribution in [0.1, 0.15) is 45.1 Å². The molecule has 0 fully saturated rings. The fourth-order valence-electron chi connectivity index (χ4n) is 3.44. The zero-order valence-electron chi connectivity index (χ0n) is 20.4. The van der Waals surface area contributed by atoms with Crippen molar-refractivity contribution in [2.75, 3.05) is 13.2 Å². The fraction of sp³-hybridized carbons (Fsp3) is 0.583. The van der Waals surface area contributed by atoms with Crippen molar-refractivity contribution < 1.29 is 29.4 Å². The van der Waals surface area contributed by atoms with E-state index in [9.17, 15) is 29.4 Å². The molecular formula is C24H39N5O6. The average Bonchev–Trinajstić information content (AvgIpc) is 2.81. The Morgan fingerprint density at radius 2 is 1.46 bits per heavy atom. The summed E-state index contributed by atoms with van der Waals surface area (Å²) >= 11 is 0. The topological polar surface area (TPSA) is 197 Å². The number of carboxylic acids is 1. The first kappa shape index (κ1) is 30.0. The molecule has 1 aromatic carbocycles. The first-order valence-electron chi connectivity index (χ1n) is 11.8. The smallest absolute Gasteiger partial charge is 0.326 e. The van der Waals surface area contributed by atoms with E-state index in [4.69, 9.17) is 11.5 Å². The first-order valence-corrected chi connectivity index (χ1v) is 11.8. The van der Waals surface area contributed by atoms with E-state index in [1.54, 1.807) is 30.3 Å². The molecule has 0 radical (unpaired) electrons. The summed E-state index contributed by atoms with van der Waals surface area (Å²) < 4.78 is 0. The minimum atomic E-state index is -1.31. The summed E-state index contributed by atoms with van der Waals surface area (Å²) in [5.74, 6) is -3.11. The highest BCUT2D eigenvalue weighted by Gasteiger charge is 2.30. The number of aliphatic hydroxyl groups is 1. The van der Waals surface area contributed by atoms with Gasteiger partial charge in [-0.3, -0.25) is 14.4 Å². The van der Waals surface area contributed by atoms with Gasteiger partial charge in [0.25, 0.3) is 0 Å². The highest BCUT2D eigenvalue weighted by Crippen LogP contribution is 2.07. The van der Waals surface area contributed by atoms with Crippen LogP contribution in [0, 0.1) is 5.92 Å². The number of nitrogens with one attached hydrogen (secondary N) is 3. The number of hydrogen-bond acceptors (Lipinski definition) is 7. The van der Waals surface area contributed by atoms with E-state index in [1.807, 2.05) is 13.8 Å². The molecule has 0 saturated heterocycles. The molecule has 0 bridgehead atoms. The monoisotopic (exact) mass is 493 g/mol. The van der Waals surface area contributed by atoms with Gasteiger partial charge in [-0.05, 0) is 43.7 Å². The molecule has 4 unspecified atom stereocenters. The number of amides is 3. The van der Waals surface area contributed by atoms with Crippen molar-refractivity contribution in [1.82, 2.24) is 16.0 Å². The van der Waals surface area contributed by atoms with E-state index in [0.29, 0.717) is 25.8 Å². The Balaban J connectivity index is 2.89. The van der Waals surface area contributed by atoms with Gasteiger partial charge in [0.2, 0.25) is 17.7 Å². The lowest BCUT2D eigenvalue weighted by Gasteiger charge is -2.24. The van der Waals surface area contributed by atoms with Gasteiger partial charge in [0.15, 0.2) is 0 Å². The molecule has 35 heavy (non-hydrogen) atoms. The second kappa shape index (κ2) is 15.8. The lowest BCUT2D eigenvalue weighted by molar-refractivity contribution is -0.142. The zero-order valence-corrected chi connectivity index (χ0v) is 20.4. The van der Waals surface area contributed by atoms with Crippen LogP contribution in [0.25, 0.3) is 0 Å². The average molecular weight is 494 g/mol. The maximum absolute atomic E-state index is 13.0. The van der Waals surface area contributed by atoms with Gasteiger partial charge in [-0.1, -0.05) is 44.2 Å². The van der Waals surface area contributed by atoms with Crippen molar-refractivity contribution in [1.29, 1.82) is 0 Å². The lowest BCUT2D eigenvalue weighted by Crippen LogP contribution is -2.58. The van der Waals surface area contributed by atoms with Crippen LogP contribution in [-0.2, 0) is 25.6 Å². The Bertz CT molecular complexity index is 820. The van der Waals surface area contributed by atoms with Crippen LogP contribution in [0.15, 0.2) is 30.3 Å². The van der Waals surface area contributed by atoms with Crippen LogP contribution in [0.3, 0.4) is 0 Å². The number of carbonyl (C=O) groups is 4. The maximum Gasteiger partial charge on any atom is 0.326 e. The largest absolute Gasteiger partial charge is 0.480 e. The molecule has 11 heteroatoms. The van der Waals surface area contributed by atoms with Crippen LogP contribution in [-0.4, -0.2) is 71.2 Å². The Labute approximate surface area is 206 Å². The molecule has 196 valence electrons. The minimum absolute atomic E-state index is 0.0639. The second-order valence-corrected chi connectivity index (χ2v) is 8.91. The van der Waals surface area contributed by atoms with Crippen LogP contribution in [0.5, 0.6) is 0 Å². The van der Waals surface area contributed by atoms with Crippen LogP contribution in [0.2, 0.25) is 0 Å². The van der Waals surface area contributed by atoms with Crippen molar-refractivity contribution in [3.8, 4) is 0 Å². The fourth-order valence-corrected chi connectivity index (χ4v) is 3.44. The third kappa shape index (κ3) is 11.3. The second-order valence-electron chi connectivity index (χ2n) is 8.91. The normalized spacial score (nSPS) is 14.5. The summed E-state index contributed by atoms with van der Waals surface area (Å²) in [7, 11) is 0. The third-order valence-corrected chi connectivity index (χ3v) is 5.35. The zero-order chi connectivity index (χ0) is 26.4. The number of nitrogens with two attached hydrogens (primary N) is 2. The number of unbranched alkanes of at least 4 members (excludes halogenated alkanes) is 1. The molecule has 0 spiro atoms. The summed E-state index contributed by atoms with van der Waals surface area (Å²) in [4.78, 5) is 49.8. The van der Waals surface area contributed by atoms with Gasteiger partial charge in [-0.2, -0.15) is 0 Å². The standard InChI is InChI=1S/C24H39N5O6/c1-15(2)12-17(26)21(31)29-20(14-30)23(33)27-18(10-6-7-11-25)22(32)28-19(24(34)35)13-16-8-4-3-5-9-16/h3-5,8-9,15,17-20,30H,6-7,10-14,25-26H2,1-2H3,(H,27,33)(H,28,32)(H,29,31)(H,34,35). The molecule has 0 aliphatic carbocycles. The predicted octanol–water partition coefficient (Wildman–Crippen LogP) is -0.737. The lowest BCUT2D eigenvalue weighted by atomic mass is 10.0. The number of benzene rings is 1. The quantitative estimate of drug-likeness (QED) is 0.146. The van der Waals surface area contributed by atoms with E-state index >= 15 is 0 Å². The maximum atomic E-state index is 13.0. The molecule has 3 amide bonds. The van der Waals surface area contributed by atoms with Crippen LogP contribution < -0.4 is 27.4 Å². The van der Waals surface area contributed by atoms with Gasteiger partial charge in [0.05, 0.1) is 12.6 Å². The highest BCUT2D eigenvalue weighted by atomic mass is 16.4. The summed E-state index contributed by atoms with van der Waals surface area (Å²) in [6.07, 6.45) is 1.75. The Kier molecular flexibility index (Phi) is 13.5. The van der Waals surface area contributed by atoms with Crippen molar-refractivity contribution in [2.45, 2.75) is 70.1 Å². The molecular weight excluding hydrogens is 454 g/mol. The number of rotatable bonds is 16. The Hall–Kier alpha value is -3.02. The summed E-state index contributed by atoms with van der Waals surface area (Å²) in [5.41, 5.74) is 12.1. The summed E-state index contributed by atoms with van der Waals surface area (Å²) in [5, 5.41) is 26.6. The van der Waals surface area contributed by atoms with Crippen molar-refractivity contribution in [2.24, 2.45) is 17.4 Å². The molecule has 0 aliphatic rings. The SMILES string of the molecule is CC(C)CC(N)C(=O)NC(CO)C(=O)NC(CCCCN)C(=O)NC(Cc1ccccc1)C(=O)O.